The Hall–Kier alpha value is -1.60. The smallest absolute Gasteiger partial charge is 0.129 e. The van der Waals surface area contributed by atoms with Gasteiger partial charge in [-0.1, -0.05) is 20.8 Å². The zero-order valence-corrected chi connectivity index (χ0v) is 13.2. The number of aryl methyl sites for hydroxylation is 1. The van der Waals surface area contributed by atoms with E-state index < -0.39 is 0 Å². The average Bonchev–Trinajstić information content (AvgIpc) is 2.37. The van der Waals surface area contributed by atoms with Gasteiger partial charge in [-0.25, -0.2) is 4.98 Å². The lowest BCUT2D eigenvalue weighted by Crippen LogP contribution is -2.45. The third-order valence-electron chi connectivity index (χ3n) is 3.85. The van der Waals surface area contributed by atoms with E-state index >= 15 is 0 Å². The molecule has 20 heavy (non-hydrogen) atoms. The first kappa shape index (κ1) is 14.8. The first-order valence-electron chi connectivity index (χ1n) is 7.18. The lowest BCUT2D eigenvalue weighted by molar-refractivity contribution is 0.312. The van der Waals surface area contributed by atoms with Crippen LogP contribution in [0.1, 0.15) is 37.6 Å². The Morgan fingerprint density at radius 2 is 1.80 bits per heavy atom. The summed E-state index contributed by atoms with van der Waals surface area (Å²) in [5.41, 5.74) is 2.56. The zero-order chi connectivity index (χ0) is 14.9. The fourth-order valence-electron chi connectivity index (χ4n) is 2.54. The predicted octanol–water partition coefficient (Wildman–Crippen LogP) is 2.31. The molecule has 4 nitrogen and oxygen atoms in total. The fraction of sp³-hybridized carbons (Fsp3) is 0.625. The number of nitrogens with zero attached hydrogens (tertiary/aromatic N) is 4. The molecule has 1 aliphatic heterocycles. The molecule has 0 aromatic carbocycles. The Morgan fingerprint density at radius 3 is 2.30 bits per heavy atom. The van der Waals surface area contributed by atoms with E-state index in [1.807, 2.05) is 6.92 Å². The molecule has 0 radical (unpaired) electrons. The first-order chi connectivity index (χ1) is 9.32. The van der Waals surface area contributed by atoms with Crippen LogP contribution >= 0.6 is 0 Å². The van der Waals surface area contributed by atoms with Crippen molar-refractivity contribution in [3.8, 4) is 6.07 Å². The number of anilines is 1. The predicted molar refractivity (Wildman–Crippen MR) is 82.1 cm³/mol. The van der Waals surface area contributed by atoms with E-state index in [2.05, 4.69) is 49.8 Å². The van der Waals surface area contributed by atoms with Gasteiger partial charge in [-0.05, 0) is 25.6 Å². The SMILES string of the molecule is Cc1cc(N2CCN(C)CC2)nc(C(C)(C)C)c1C#N. The lowest BCUT2D eigenvalue weighted by Gasteiger charge is -2.34. The minimum atomic E-state index is -0.113. The maximum atomic E-state index is 9.39. The maximum absolute atomic E-state index is 9.39. The second-order valence-electron chi connectivity index (χ2n) is 6.67. The quantitative estimate of drug-likeness (QED) is 0.787. The third-order valence-corrected chi connectivity index (χ3v) is 3.85. The Bertz CT molecular complexity index is 529. The van der Waals surface area contributed by atoms with Crippen molar-refractivity contribution in [2.45, 2.75) is 33.1 Å². The number of hydrogen-bond donors (Lipinski definition) is 0. The van der Waals surface area contributed by atoms with Crippen molar-refractivity contribution in [2.24, 2.45) is 0 Å². The molecule has 0 unspecified atom stereocenters. The van der Waals surface area contributed by atoms with Crippen LogP contribution in [-0.4, -0.2) is 43.1 Å². The minimum Gasteiger partial charge on any atom is -0.354 e. The van der Waals surface area contributed by atoms with E-state index in [0.29, 0.717) is 0 Å². The summed E-state index contributed by atoms with van der Waals surface area (Å²) in [6.45, 7) is 12.5. The van der Waals surface area contributed by atoms with Gasteiger partial charge in [0, 0.05) is 31.6 Å². The van der Waals surface area contributed by atoms with Crippen LogP contribution in [-0.2, 0) is 5.41 Å². The topological polar surface area (TPSA) is 43.2 Å². The van der Waals surface area contributed by atoms with Crippen molar-refractivity contribution in [3.63, 3.8) is 0 Å². The molecule has 1 aromatic heterocycles. The summed E-state index contributed by atoms with van der Waals surface area (Å²) in [6, 6.07) is 4.37. The summed E-state index contributed by atoms with van der Waals surface area (Å²) in [6.07, 6.45) is 0. The van der Waals surface area contributed by atoms with Crippen LogP contribution < -0.4 is 4.90 Å². The second-order valence-corrected chi connectivity index (χ2v) is 6.67. The molecule has 1 aromatic rings. The first-order valence-corrected chi connectivity index (χ1v) is 7.18. The molecule has 0 atom stereocenters. The standard InChI is InChI=1S/C16H24N4/c1-12-10-14(20-8-6-19(5)7-9-20)18-15(13(12)11-17)16(2,3)4/h10H,6-9H2,1-5H3. The van der Waals surface area contributed by atoms with Gasteiger partial charge in [0.25, 0.3) is 0 Å². The Labute approximate surface area is 122 Å². The van der Waals surface area contributed by atoms with Crippen molar-refractivity contribution in [1.82, 2.24) is 9.88 Å². The third kappa shape index (κ3) is 2.94. The molecular weight excluding hydrogens is 248 g/mol. The number of likely N-dealkylation sites (N-methyl/N-ethyl adjacent to an activating group) is 1. The van der Waals surface area contributed by atoms with Crippen molar-refractivity contribution in [3.05, 3.63) is 22.9 Å². The van der Waals surface area contributed by atoms with Crippen molar-refractivity contribution < 1.29 is 0 Å². The highest BCUT2D eigenvalue weighted by Gasteiger charge is 2.24. The zero-order valence-electron chi connectivity index (χ0n) is 13.2. The molecule has 1 fully saturated rings. The van der Waals surface area contributed by atoms with Gasteiger partial charge in [0.05, 0.1) is 11.3 Å². The number of piperazine rings is 1. The minimum absolute atomic E-state index is 0.113. The molecule has 2 rings (SSSR count). The van der Waals surface area contributed by atoms with Crippen LogP contribution in [0.3, 0.4) is 0 Å². The lowest BCUT2D eigenvalue weighted by atomic mass is 9.87. The van der Waals surface area contributed by atoms with Gasteiger partial charge in [0.2, 0.25) is 0 Å². The molecule has 0 N–H and O–H groups in total. The monoisotopic (exact) mass is 272 g/mol. The van der Waals surface area contributed by atoms with Gasteiger partial charge in [-0.15, -0.1) is 0 Å². The Morgan fingerprint density at radius 1 is 1.20 bits per heavy atom. The average molecular weight is 272 g/mol. The summed E-state index contributed by atoms with van der Waals surface area (Å²) < 4.78 is 0. The van der Waals surface area contributed by atoms with Crippen LogP contribution in [0.15, 0.2) is 6.07 Å². The van der Waals surface area contributed by atoms with Gasteiger partial charge < -0.3 is 9.80 Å². The number of hydrogen-bond acceptors (Lipinski definition) is 4. The number of nitriles is 1. The van der Waals surface area contributed by atoms with E-state index in [1.165, 1.54) is 0 Å². The van der Waals surface area contributed by atoms with E-state index in [9.17, 15) is 5.26 Å². The second kappa shape index (κ2) is 5.41. The van der Waals surface area contributed by atoms with E-state index in [0.717, 1.165) is 48.8 Å². The van der Waals surface area contributed by atoms with Crippen LogP contribution in [0.25, 0.3) is 0 Å². The molecule has 0 saturated carbocycles. The molecule has 0 spiro atoms. The van der Waals surface area contributed by atoms with E-state index in [4.69, 9.17) is 4.98 Å². The van der Waals surface area contributed by atoms with Crippen LogP contribution in [0, 0.1) is 18.3 Å². The van der Waals surface area contributed by atoms with Crippen molar-refractivity contribution in [1.29, 1.82) is 5.26 Å². The van der Waals surface area contributed by atoms with Gasteiger partial charge >= 0.3 is 0 Å². The highest BCUT2D eigenvalue weighted by atomic mass is 15.3. The highest BCUT2D eigenvalue weighted by Crippen LogP contribution is 2.29. The van der Waals surface area contributed by atoms with Gasteiger partial charge in [-0.3, -0.25) is 0 Å². The van der Waals surface area contributed by atoms with Crippen molar-refractivity contribution >= 4 is 5.82 Å². The fourth-order valence-corrected chi connectivity index (χ4v) is 2.54. The van der Waals surface area contributed by atoms with Gasteiger partial charge in [-0.2, -0.15) is 5.26 Å². The number of aromatic nitrogens is 1. The van der Waals surface area contributed by atoms with Crippen LogP contribution in [0.2, 0.25) is 0 Å². The van der Waals surface area contributed by atoms with Crippen molar-refractivity contribution in [2.75, 3.05) is 38.1 Å². The van der Waals surface area contributed by atoms with Gasteiger partial charge in [0.1, 0.15) is 11.9 Å². The summed E-state index contributed by atoms with van der Waals surface area (Å²) in [5.74, 6) is 1.01. The highest BCUT2D eigenvalue weighted by molar-refractivity contribution is 5.52. The molecular formula is C16H24N4. The Kier molecular flexibility index (Phi) is 4.01. The molecule has 4 heteroatoms. The van der Waals surface area contributed by atoms with Crippen LogP contribution in [0.4, 0.5) is 5.82 Å². The Balaban J connectivity index is 2.42. The maximum Gasteiger partial charge on any atom is 0.129 e. The van der Waals surface area contributed by atoms with Crippen LogP contribution in [0.5, 0.6) is 0 Å². The summed E-state index contributed by atoms with van der Waals surface area (Å²) in [5, 5.41) is 9.39. The molecule has 108 valence electrons. The summed E-state index contributed by atoms with van der Waals surface area (Å²) >= 11 is 0. The molecule has 0 bridgehead atoms. The number of pyridine rings is 1. The summed E-state index contributed by atoms with van der Waals surface area (Å²) in [7, 11) is 2.15. The molecule has 1 aliphatic rings. The van der Waals surface area contributed by atoms with E-state index in [-0.39, 0.29) is 5.41 Å². The largest absolute Gasteiger partial charge is 0.354 e. The number of rotatable bonds is 1. The van der Waals surface area contributed by atoms with E-state index in [1.54, 1.807) is 0 Å². The molecule has 0 amide bonds. The summed E-state index contributed by atoms with van der Waals surface area (Å²) in [4.78, 5) is 9.46. The van der Waals surface area contributed by atoms with Gasteiger partial charge in [0.15, 0.2) is 0 Å². The normalized spacial score (nSPS) is 17.1. The molecule has 0 aliphatic carbocycles. The molecule has 1 saturated heterocycles. The molecule has 2 heterocycles.